The monoisotopic (exact) mass is 217 g/mol. The summed E-state index contributed by atoms with van der Waals surface area (Å²) in [5, 5.41) is 3.35. The van der Waals surface area contributed by atoms with Crippen LogP contribution in [0.3, 0.4) is 0 Å². The number of hydrogen-bond acceptors (Lipinski definition) is 4. The summed E-state index contributed by atoms with van der Waals surface area (Å²) in [5.41, 5.74) is 1.07. The molecule has 1 N–H and O–H groups in total. The zero-order chi connectivity index (χ0) is 11.4. The highest BCUT2D eigenvalue weighted by Gasteiger charge is 2.08. The molecule has 16 heavy (non-hydrogen) atoms. The molecule has 0 aliphatic carbocycles. The zero-order valence-electron chi connectivity index (χ0n) is 9.47. The lowest BCUT2D eigenvalue weighted by Gasteiger charge is -2.10. The summed E-state index contributed by atoms with van der Waals surface area (Å²) in [6.45, 7) is 4.76. The van der Waals surface area contributed by atoms with Crippen molar-refractivity contribution < 1.29 is 4.42 Å². The number of rotatable bonds is 4. The maximum absolute atomic E-state index is 5.54. The largest absolute Gasteiger partial charge is 0.465 e. The average molecular weight is 217 g/mol. The summed E-state index contributed by atoms with van der Waals surface area (Å²) in [6.07, 6.45) is 5.14. The van der Waals surface area contributed by atoms with Gasteiger partial charge in [0, 0.05) is 24.5 Å². The van der Waals surface area contributed by atoms with E-state index < -0.39 is 0 Å². The van der Waals surface area contributed by atoms with Gasteiger partial charge in [0.25, 0.3) is 0 Å². The van der Waals surface area contributed by atoms with Crippen LogP contribution in [0.5, 0.6) is 0 Å². The van der Waals surface area contributed by atoms with Gasteiger partial charge in [-0.3, -0.25) is 0 Å². The van der Waals surface area contributed by atoms with Crippen LogP contribution in [0.2, 0.25) is 0 Å². The van der Waals surface area contributed by atoms with Crippen molar-refractivity contribution in [3.63, 3.8) is 0 Å². The molecule has 1 unspecified atom stereocenters. The Morgan fingerprint density at radius 3 is 2.69 bits per heavy atom. The fraction of sp³-hybridized carbons (Fsp3) is 0.333. The van der Waals surface area contributed by atoms with Crippen molar-refractivity contribution in [2.45, 2.75) is 26.4 Å². The number of furan rings is 1. The van der Waals surface area contributed by atoms with Gasteiger partial charge in [-0.15, -0.1) is 0 Å². The first-order valence-corrected chi connectivity index (χ1v) is 5.29. The summed E-state index contributed by atoms with van der Waals surface area (Å²) >= 11 is 0. The van der Waals surface area contributed by atoms with Crippen LogP contribution < -0.4 is 5.32 Å². The first-order valence-electron chi connectivity index (χ1n) is 5.29. The van der Waals surface area contributed by atoms with Crippen molar-refractivity contribution in [2.75, 3.05) is 0 Å². The van der Waals surface area contributed by atoms with Gasteiger partial charge in [0.15, 0.2) is 0 Å². The first-order chi connectivity index (χ1) is 7.75. The molecule has 2 aromatic rings. The van der Waals surface area contributed by atoms with Gasteiger partial charge >= 0.3 is 0 Å². The minimum Gasteiger partial charge on any atom is -0.465 e. The molecule has 2 heterocycles. The van der Waals surface area contributed by atoms with Crippen LogP contribution in [0.15, 0.2) is 35.3 Å². The lowest BCUT2D eigenvalue weighted by atomic mass is 10.2. The van der Waals surface area contributed by atoms with Crippen molar-refractivity contribution in [1.82, 2.24) is 15.3 Å². The van der Waals surface area contributed by atoms with Crippen LogP contribution in [0.4, 0.5) is 0 Å². The Kier molecular flexibility index (Phi) is 3.31. The lowest BCUT2D eigenvalue weighted by molar-refractivity contribution is 0.415. The number of aromatic nitrogens is 2. The van der Waals surface area contributed by atoms with Crippen LogP contribution in [0, 0.1) is 6.92 Å². The SMILES string of the molecule is Cc1ccc(C(C)NCc2cncnc2)o1. The number of hydrogen-bond donors (Lipinski definition) is 1. The predicted molar refractivity (Wildman–Crippen MR) is 60.7 cm³/mol. The molecule has 0 radical (unpaired) electrons. The molecule has 0 saturated carbocycles. The highest BCUT2D eigenvalue weighted by molar-refractivity contribution is 5.10. The van der Waals surface area contributed by atoms with E-state index in [-0.39, 0.29) is 6.04 Å². The maximum atomic E-state index is 5.54. The summed E-state index contributed by atoms with van der Waals surface area (Å²) in [7, 11) is 0. The molecule has 0 fully saturated rings. The van der Waals surface area contributed by atoms with Crippen molar-refractivity contribution in [3.8, 4) is 0 Å². The Hall–Kier alpha value is -1.68. The molecular weight excluding hydrogens is 202 g/mol. The molecule has 0 saturated heterocycles. The van der Waals surface area contributed by atoms with E-state index in [2.05, 4.69) is 22.2 Å². The third-order valence-electron chi connectivity index (χ3n) is 2.41. The standard InChI is InChI=1S/C12H15N3O/c1-9-3-4-12(16-9)10(2)15-7-11-5-13-8-14-6-11/h3-6,8,10,15H,7H2,1-2H3. The predicted octanol–water partition coefficient (Wildman–Crippen LogP) is 2.23. The topological polar surface area (TPSA) is 51.0 Å². The highest BCUT2D eigenvalue weighted by atomic mass is 16.3. The smallest absolute Gasteiger partial charge is 0.120 e. The van der Waals surface area contributed by atoms with Crippen LogP contribution >= 0.6 is 0 Å². The average Bonchev–Trinajstić information content (AvgIpc) is 2.74. The summed E-state index contributed by atoms with van der Waals surface area (Å²) < 4.78 is 5.54. The van der Waals surface area contributed by atoms with Crippen LogP contribution in [-0.4, -0.2) is 9.97 Å². The van der Waals surface area contributed by atoms with Gasteiger partial charge in [0.2, 0.25) is 0 Å². The van der Waals surface area contributed by atoms with E-state index in [4.69, 9.17) is 4.42 Å². The maximum Gasteiger partial charge on any atom is 0.120 e. The fourth-order valence-electron chi connectivity index (χ4n) is 1.48. The molecule has 1 atom stereocenters. The summed E-state index contributed by atoms with van der Waals surface area (Å²) in [4.78, 5) is 7.93. The molecule has 0 bridgehead atoms. The third kappa shape index (κ3) is 2.67. The third-order valence-corrected chi connectivity index (χ3v) is 2.41. The number of aryl methyl sites for hydroxylation is 1. The van der Waals surface area contributed by atoms with Crippen LogP contribution in [-0.2, 0) is 6.54 Å². The quantitative estimate of drug-likeness (QED) is 0.853. The highest BCUT2D eigenvalue weighted by Crippen LogP contribution is 2.15. The minimum atomic E-state index is 0.189. The molecule has 0 aliphatic heterocycles. The molecule has 0 aliphatic rings. The minimum absolute atomic E-state index is 0.189. The van der Waals surface area contributed by atoms with Crippen molar-refractivity contribution in [1.29, 1.82) is 0 Å². The van der Waals surface area contributed by atoms with Gasteiger partial charge in [0.1, 0.15) is 17.8 Å². The number of nitrogens with one attached hydrogen (secondary N) is 1. The van der Waals surface area contributed by atoms with Gasteiger partial charge in [-0.1, -0.05) is 0 Å². The molecule has 4 heteroatoms. The Bertz CT molecular complexity index is 439. The van der Waals surface area contributed by atoms with E-state index in [9.17, 15) is 0 Å². The van der Waals surface area contributed by atoms with Gasteiger partial charge in [0.05, 0.1) is 6.04 Å². The Morgan fingerprint density at radius 1 is 1.31 bits per heavy atom. The van der Waals surface area contributed by atoms with E-state index in [1.54, 1.807) is 12.4 Å². The van der Waals surface area contributed by atoms with Crippen LogP contribution in [0.25, 0.3) is 0 Å². The Labute approximate surface area is 94.7 Å². The normalized spacial score (nSPS) is 12.6. The van der Waals surface area contributed by atoms with E-state index >= 15 is 0 Å². The van der Waals surface area contributed by atoms with Gasteiger partial charge < -0.3 is 9.73 Å². The van der Waals surface area contributed by atoms with E-state index in [0.717, 1.165) is 23.6 Å². The van der Waals surface area contributed by atoms with Crippen LogP contribution in [0.1, 0.15) is 30.0 Å². The molecule has 0 amide bonds. The van der Waals surface area contributed by atoms with E-state index in [0.29, 0.717) is 0 Å². The summed E-state index contributed by atoms with van der Waals surface area (Å²) in [5.74, 6) is 1.89. The summed E-state index contributed by atoms with van der Waals surface area (Å²) in [6, 6.07) is 4.15. The van der Waals surface area contributed by atoms with E-state index in [1.807, 2.05) is 19.1 Å². The molecule has 4 nitrogen and oxygen atoms in total. The van der Waals surface area contributed by atoms with Gasteiger partial charge in [-0.25, -0.2) is 9.97 Å². The van der Waals surface area contributed by atoms with Gasteiger partial charge in [-0.05, 0) is 26.0 Å². The van der Waals surface area contributed by atoms with Crippen molar-refractivity contribution in [2.24, 2.45) is 0 Å². The molecule has 2 aromatic heterocycles. The molecule has 2 rings (SSSR count). The second kappa shape index (κ2) is 4.90. The van der Waals surface area contributed by atoms with Gasteiger partial charge in [-0.2, -0.15) is 0 Å². The Morgan fingerprint density at radius 2 is 2.06 bits per heavy atom. The second-order valence-corrected chi connectivity index (χ2v) is 3.80. The van der Waals surface area contributed by atoms with E-state index in [1.165, 1.54) is 6.33 Å². The molecule has 0 spiro atoms. The molecule has 84 valence electrons. The molecule has 0 aromatic carbocycles. The second-order valence-electron chi connectivity index (χ2n) is 3.80. The molecular formula is C12H15N3O. The first kappa shape index (κ1) is 10.8. The number of nitrogens with zero attached hydrogens (tertiary/aromatic N) is 2. The van der Waals surface area contributed by atoms with Crippen molar-refractivity contribution in [3.05, 3.63) is 47.9 Å². The van der Waals surface area contributed by atoms with Crippen molar-refractivity contribution >= 4 is 0 Å². The fourth-order valence-corrected chi connectivity index (χ4v) is 1.48. The Balaban J connectivity index is 1.91. The zero-order valence-corrected chi connectivity index (χ0v) is 9.47. The lowest BCUT2D eigenvalue weighted by Crippen LogP contribution is -2.17.